The molecule has 0 spiro atoms. The number of benzene rings is 1. The van der Waals surface area contributed by atoms with Gasteiger partial charge in [-0.05, 0) is 45.0 Å². The summed E-state index contributed by atoms with van der Waals surface area (Å²) in [5, 5.41) is 0. The second kappa shape index (κ2) is 6.24. The van der Waals surface area contributed by atoms with Gasteiger partial charge in [-0.1, -0.05) is 23.3 Å². The number of rotatable bonds is 4. The third-order valence-corrected chi connectivity index (χ3v) is 3.98. The van der Waals surface area contributed by atoms with Crippen molar-refractivity contribution in [2.24, 2.45) is 0 Å². The Morgan fingerprint density at radius 3 is 2.61 bits per heavy atom. The molecule has 0 aliphatic rings. The van der Waals surface area contributed by atoms with Crippen molar-refractivity contribution in [1.82, 2.24) is 14.3 Å². The normalized spacial score (nSPS) is 10.9. The molecule has 118 valence electrons. The lowest BCUT2D eigenvalue weighted by Gasteiger charge is -2.21. The zero-order valence-corrected chi connectivity index (χ0v) is 13.8. The van der Waals surface area contributed by atoms with Crippen LogP contribution in [-0.2, 0) is 6.54 Å². The highest BCUT2D eigenvalue weighted by Crippen LogP contribution is 2.15. The second-order valence-electron chi connectivity index (χ2n) is 5.87. The topological polar surface area (TPSA) is 37.6 Å². The van der Waals surface area contributed by atoms with Crippen LogP contribution in [0, 0.1) is 13.8 Å². The highest BCUT2D eigenvalue weighted by atomic mass is 16.2. The zero-order chi connectivity index (χ0) is 16.4. The van der Waals surface area contributed by atoms with E-state index in [0.29, 0.717) is 13.1 Å². The lowest BCUT2D eigenvalue weighted by Crippen LogP contribution is -2.30. The van der Waals surface area contributed by atoms with Crippen molar-refractivity contribution in [2.75, 3.05) is 6.54 Å². The summed E-state index contributed by atoms with van der Waals surface area (Å²) in [5.41, 5.74) is 4.88. The van der Waals surface area contributed by atoms with Crippen molar-refractivity contribution in [3.63, 3.8) is 0 Å². The number of imidazole rings is 1. The molecule has 1 amide bonds. The van der Waals surface area contributed by atoms with Crippen molar-refractivity contribution < 1.29 is 4.79 Å². The first kappa shape index (κ1) is 15.3. The van der Waals surface area contributed by atoms with Crippen LogP contribution in [0.1, 0.15) is 34.1 Å². The third-order valence-electron chi connectivity index (χ3n) is 3.98. The molecular formula is C19H21N3O. The quantitative estimate of drug-likeness (QED) is 0.738. The predicted molar refractivity (Wildman–Crippen MR) is 91.5 cm³/mol. The Balaban J connectivity index is 1.89. The Bertz CT molecular complexity index is 830. The van der Waals surface area contributed by atoms with Crippen LogP contribution in [0.15, 0.2) is 48.8 Å². The molecule has 23 heavy (non-hydrogen) atoms. The van der Waals surface area contributed by atoms with Gasteiger partial charge in [-0.15, -0.1) is 0 Å². The first-order valence-electron chi connectivity index (χ1n) is 7.87. The Labute approximate surface area is 136 Å². The molecule has 1 aromatic carbocycles. The zero-order valence-electron chi connectivity index (χ0n) is 13.8. The molecule has 0 aliphatic carbocycles. The van der Waals surface area contributed by atoms with E-state index in [4.69, 9.17) is 0 Å². The molecule has 3 aromatic rings. The molecular weight excluding hydrogens is 286 g/mol. The summed E-state index contributed by atoms with van der Waals surface area (Å²) in [6.07, 6.45) is 3.82. The number of hydrogen-bond donors (Lipinski definition) is 0. The van der Waals surface area contributed by atoms with Crippen LogP contribution in [0.5, 0.6) is 0 Å². The predicted octanol–water partition coefficient (Wildman–Crippen LogP) is 3.61. The van der Waals surface area contributed by atoms with Gasteiger partial charge in [0, 0.05) is 18.3 Å². The van der Waals surface area contributed by atoms with E-state index in [2.05, 4.69) is 11.1 Å². The molecule has 3 rings (SSSR count). The van der Waals surface area contributed by atoms with E-state index < -0.39 is 0 Å². The maximum Gasteiger partial charge on any atom is 0.254 e. The summed E-state index contributed by atoms with van der Waals surface area (Å²) >= 11 is 0. The van der Waals surface area contributed by atoms with Crippen LogP contribution in [-0.4, -0.2) is 26.7 Å². The minimum atomic E-state index is 0.0604. The molecule has 0 N–H and O–H groups in total. The second-order valence-corrected chi connectivity index (χ2v) is 5.87. The lowest BCUT2D eigenvalue weighted by atomic mass is 10.1. The third kappa shape index (κ3) is 3.11. The van der Waals surface area contributed by atoms with Crippen LogP contribution in [0.3, 0.4) is 0 Å². The molecule has 0 fully saturated rings. The minimum Gasteiger partial charge on any atom is -0.333 e. The first-order chi connectivity index (χ1) is 11.1. The average molecular weight is 307 g/mol. The van der Waals surface area contributed by atoms with Crippen LogP contribution in [0.25, 0.3) is 5.65 Å². The Hall–Kier alpha value is -2.62. The van der Waals surface area contributed by atoms with Gasteiger partial charge in [-0.3, -0.25) is 4.79 Å². The van der Waals surface area contributed by atoms with Gasteiger partial charge in [-0.2, -0.15) is 0 Å². The molecule has 0 bridgehead atoms. The van der Waals surface area contributed by atoms with Gasteiger partial charge in [-0.25, -0.2) is 4.98 Å². The van der Waals surface area contributed by atoms with Crippen molar-refractivity contribution in [1.29, 1.82) is 0 Å². The van der Waals surface area contributed by atoms with Crippen molar-refractivity contribution in [3.8, 4) is 0 Å². The van der Waals surface area contributed by atoms with Crippen LogP contribution < -0.4 is 0 Å². The molecule has 0 saturated carbocycles. The maximum atomic E-state index is 12.8. The molecule has 4 nitrogen and oxygen atoms in total. The van der Waals surface area contributed by atoms with E-state index in [0.717, 1.165) is 28.0 Å². The molecule has 0 atom stereocenters. The fourth-order valence-corrected chi connectivity index (χ4v) is 2.91. The number of aromatic nitrogens is 2. The molecule has 2 aromatic heterocycles. The van der Waals surface area contributed by atoms with Crippen LogP contribution in [0.2, 0.25) is 0 Å². The number of carbonyl (C=O) groups is 1. The van der Waals surface area contributed by atoms with Gasteiger partial charge in [0.25, 0.3) is 5.91 Å². The molecule has 0 radical (unpaired) electrons. The number of hydrogen-bond acceptors (Lipinski definition) is 2. The SMILES string of the molecule is CCN(Cc1cnc2ccccn12)C(=O)c1cc(C)cc(C)c1. The first-order valence-corrected chi connectivity index (χ1v) is 7.87. The van der Waals surface area contributed by atoms with Crippen molar-refractivity contribution in [3.05, 3.63) is 71.2 Å². The minimum absolute atomic E-state index is 0.0604. The number of aryl methyl sites for hydroxylation is 2. The fourth-order valence-electron chi connectivity index (χ4n) is 2.91. The summed E-state index contributed by atoms with van der Waals surface area (Å²) < 4.78 is 2.03. The van der Waals surface area contributed by atoms with Crippen LogP contribution in [0.4, 0.5) is 0 Å². The van der Waals surface area contributed by atoms with E-state index in [1.165, 1.54) is 0 Å². The standard InChI is InChI=1S/C19H21N3O/c1-4-21(19(23)16-10-14(2)9-15(3)11-16)13-17-12-20-18-7-5-6-8-22(17)18/h5-12H,4,13H2,1-3H3. The van der Waals surface area contributed by atoms with E-state index in [1.54, 1.807) is 0 Å². The van der Waals surface area contributed by atoms with E-state index in [-0.39, 0.29) is 5.91 Å². The monoisotopic (exact) mass is 307 g/mol. The van der Waals surface area contributed by atoms with E-state index >= 15 is 0 Å². The summed E-state index contributed by atoms with van der Waals surface area (Å²) in [4.78, 5) is 19.1. The average Bonchev–Trinajstić information content (AvgIpc) is 2.94. The number of nitrogens with zero attached hydrogens (tertiary/aromatic N) is 3. The molecule has 0 saturated heterocycles. The molecule has 0 unspecified atom stereocenters. The Kier molecular flexibility index (Phi) is 4.15. The summed E-state index contributed by atoms with van der Waals surface area (Å²) in [6.45, 7) is 7.25. The fraction of sp³-hybridized carbons (Fsp3) is 0.263. The highest BCUT2D eigenvalue weighted by molar-refractivity contribution is 5.94. The van der Waals surface area contributed by atoms with Gasteiger partial charge in [0.15, 0.2) is 0 Å². The number of pyridine rings is 1. The maximum absolute atomic E-state index is 12.8. The molecule has 2 heterocycles. The van der Waals surface area contributed by atoms with Crippen LogP contribution >= 0.6 is 0 Å². The Morgan fingerprint density at radius 2 is 1.91 bits per heavy atom. The van der Waals surface area contributed by atoms with Gasteiger partial charge >= 0.3 is 0 Å². The largest absolute Gasteiger partial charge is 0.333 e. The van der Waals surface area contributed by atoms with Crippen molar-refractivity contribution in [2.45, 2.75) is 27.3 Å². The molecule has 0 aliphatic heterocycles. The van der Waals surface area contributed by atoms with Gasteiger partial charge in [0.05, 0.1) is 18.4 Å². The summed E-state index contributed by atoms with van der Waals surface area (Å²) in [6, 6.07) is 11.9. The number of fused-ring (bicyclic) bond motifs is 1. The number of carbonyl (C=O) groups excluding carboxylic acids is 1. The Morgan fingerprint density at radius 1 is 1.17 bits per heavy atom. The molecule has 4 heteroatoms. The smallest absolute Gasteiger partial charge is 0.254 e. The van der Waals surface area contributed by atoms with Gasteiger partial charge in [0.2, 0.25) is 0 Å². The number of amides is 1. The highest BCUT2D eigenvalue weighted by Gasteiger charge is 2.17. The summed E-state index contributed by atoms with van der Waals surface area (Å²) in [7, 11) is 0. The van der Waals surface area contributed by atoms with E-state index in [9.17, 15) is 4.79 Å². The van der Waals surface area contributed by atoms with Crippen molar-refractivity contribution >= 4 is 11.6 Å². The van der Waals surface area contributed by atoms with Gasteiger partial charge < -0.3 is 9.30 Å². The summed E-state index contributed by atoms with van der Waals surface area (Å²) in [5.74, 6) is 0.0604. The lowest BCUT2D eigenvalue weighted by molar-refractivity contribution is 0.0750. The van der Waals surface area contributed by atoms with Gasteiger partial charge in [0.1, 0.15) is 5.65 Å². The van der Waals surface area contributed by atoms with E-state index in [1.807, 2.05) is 72.8 Å².